The smallest absolute Gasteiger partial charge is 0.410 e. The van der Waals surface area contributed by atoms with Gasteiger partial charge in [-0.2, -0.15) is 0 Å². The Morgan fingerprint density at radius 3 is 2.44 bits per heavy atom. The molecular formula is C53H71N7O8. The molecule has 3 atom stereocenters. The maximum absolute atomic E-state index is 14.8. The molecule has 3 N–H and O–H groups in total. The van der Waals surface area contributed by atoms with Gasteiger partial charge in [-0.05, 0) is 130 Å². The summed E-state index contributed by atoms with van der Waals surface area (Å²) in [5, 5.41) is 16.9. The topological polar surface area (TPSA) is 176 Å². The van der Waals surface area contributed by atoms with Gasteiger partial charge in [0.2, 0.25) is 11.8 Å². The predicted octanol–water partition coefficient (Wildman–Crippen LogP) is 7.75. The van der Waals surface area contributed by atoms with Crippen LogP contribution in [0.3, 0.4) is 0 Å². The molecule has 2 aromatic carbocycles. The van der Waals surface area contributed by atoms with Crippen LogP contribution >= 0.6 is 0 Å². The van der Waals surface area contributed by atoms with E-state index in [0.29, 0.717) is 44.2 Å². The average molecular weight is 934 g/mol. The van der Waals surface area contributed by atoms with E-state index in [1.165, 1.54) is 21.9 Å². The number of hydrogen-bond acceptors (Lipinski definition) is 10. The van der Waals surface area contributed by atoms with Crippen LogP contribution in [0.25, 0.3) is 33.3 Å². The highest BCUT2D eigenvalue weighted by molar-refractivity contribution is 5.96. The summed E-state index contributed by atoms with van der Waals surface area (Å²) in [6.45, 7) is 16.6. The number of hydrazine groups is 1. The number of carbonyl (C=O) groups is 5. The van der Waals surface area contributed by atoms with Crippen molar-refractivity contribution < 1.29 is 38.6 Å². The van der Waals surface area contributed by atoms with Crippen molar-refractivity contribution in [2.75, 3.05) is 33.8 Å². The second kappa shape index (κ2) is 20.3. The van der Waals surface area contributed by atoms with Crippen molar-refractivity contribution in [3.8, 4) is 28.1 Å². The van der Waals surface area contributed by atoms with Crippen molar-refractivity contribution in [1.29, 1.82) is 0 Å². The van der Waals surface area contributed by atoms with E-state index in [9.17, 15) is 29.1 Å². The van der Waals surface area contributed by atoms with Crippen LogP contribution in [0.4, 0.5) is 4.79 Å². The molecule has 2 aliphatic heterocycles. The minimum atomic E-state index is -1.17. The Hall–Kier alpha value is -5.96. The lowest BCUT2D eigenvalue weighted by molar-refractivity contribution is -0.155. The number of cyclic esters (lactones) is 1. The largest absolute Gasteiger partial charge is 0.508 e. The van der Waals surface area contributed by atoms with Crippen molar-refractivity contribution >= 4 is 40.7 Å². The zero-order valence-corrected chi connectivity index (χ0v) is 41.6. The number of nitrogens with zero attached hydrogens (tertiary/aromatic N) is 5. The number of aromatic hydroxyl groups is 1. The van der Waals surface area contributed by atoms with Gasteiger partial charge in [0, 0.05) is 61.7 Å². The minimum absolute atomic E-state index is 0.00295. The lowest BCUT2D eigenvalue weighted by Crippen LogP contribution is -2.62. The average Bonchev–Trinajstić information content (AvgIpc) is 3.92. The number of esters is 1. The number of aromatic nitrogens is 2. The van der Waals surface area contributed by atoms with Gasteiger partial charge in [0.25, 0.3) is 5.91 Å². The highest BCUT2D eigenvalue weighted by Crippen LogP contribution is 2.42. The van der Waals surface area contributed by atoms with Gasteiger partial charge in [-0.25, -0.2) is 10.2 Å². The van der Waals surface area contributed by atoms with Gasteiger partial charge in [-0.3, -0.25) is 29.2 Å². The number of likely N-dealkylation sites (N-methyl/N-ethyl adjacent to an activating group) is 2. The fourth-order valence-electron chi connectivity index (χ4n) is 10.2. The molecule has 1 saturated heterocycles. The molecule has 1 saturated carbocycles. The van der Waals surface area contributed by atoms with Crippen LogP contribution in [0.2, 0.25) is 0 Å². The van der Waals surface area contributed by atoms with Gasteiger partial charge < -0.3 is 34.3 Å². The number of pyridine rings is 1. The summed E-state index contributed by atoms with van der Waals surface area (Å²) in [6.07, 6.45) is 5.87. The van der Waals surface area contributed by atoms with E-state index < -0.39 is 58.9 Å². The zero-order chi connectivity index (χ0) is 49.2. The predicted molar refractivity (Wildman–Crippen MR) is 261 cm³/mol. The van der Waals surface area contributed by atoms with Crippen LogP contribution in [0.5, 0.6) is 5.75 Å². The number of phenolic OH excluding ortho intramolecular Hbond substituents is 1. The summed E-state index contributed by atoms with van der Waals surface area (Å²) >= 11 is 0. The molecule has 2 fully saturated rings. The van der Waals surface area contributed by atoms with Crippen LogP contribution < -0.4 is 10.7 Å². The molecule has 15 nitrogen and oxygen atoms in total. The maximum Gasteiger partial charge on any atom is 0.410 e. The Labute approximate surface area is 400 Å². The summed E-state index contributed by atoms with van der Waals surface area (Å²) < 4.78 is 13.9. The molecule has 4 amide bonds. The van der Waals surface area contributed by atoms with E-state index in [4.69, 9.17) is 14.5 Å². The van der Waals surface area contributed by atoms with Gasteiger partial charge in [0.05, 0.1) is 18.0 Å². The Morgan fingerprint density at radius 1 is 1.01 bits per heavy atom. The number of ether oxygens (including phenoxy) is 2. The summed E-state index contributed by atoms with van der Waals surface area (Å²) in [5.74, 6) is -1.93. The first kappa shape index (κ1) is 49.9. The second-order valence-electron chi connectivity index (χ2n) is 21.1. The van der Waals surface area contributed by atoms with Crippen LogP contribution in [0.1, 0.15) is 117 Å². The number of nitrogens with one attached hydrogen (secondary N) is 2. The molecule has 366 valence electrons. The molecule has 2 aromatic heterocycles. The Morgan fingerprint density at radius 2 is 1.75 bits per heavy atom. The number of benzene rings is 2. The van der Waals surface area contributed by atoms with E-state index in [-0.39, 0.29) is 43.7 Å². The highest BCUT2D eigenvalue weighted by Gasteiger charge is 2.40. The van der Waals surface area contributed by atoms with E-state index in [1.54, 1.807) is 40.0 Å². The number of rotatable bonds is 9. The lowest BCUT2D eigenvalue weighted by atomic mass is 9.83. The van der Waals surface area contributed by atoms with E-state index >= 15 is 0 Å². The van der Waals surface area contributed by atoms with Crippen LogP contribution in [0, 0.1) is 11.3 Å². The van der Waals surface area contributed by atoms with Gasteiger partial charge in [-0.1, -0.05) is 52.7 Å². The summed E-state index contributed by atoms with van der Waals surface area (Å²) in [5.41, 5.74) is 9.29. The number of carbonyl (C=O) groups excluding carboxylic acids is 5. The molecule has 4 aromatic rings. The van der Waals surface area contributed by atoms with E-state index in [0.717, 1.165) is 57.4 Å². The summed E-state index contributed by atoms with van der Waals surface area (Å²) in [7, 11) is 3.04. The van der Waals surface area contributed by atoms with E-state index in [1.807, 2.05) is 24.4 Å². The quantitative estimate of drug-likeness (QED) is 0.141. The first-order chi connectivity index (χ1) is 32.1. The van der Waals surface area contributed by atoms with Crippen LogP contribution in [0.15, 0.2) is 54.7 Å². The van der Waals surface area contributed by atoms with Gasteiger partial charge in [0.15, 0.2) is 0 Å². The monoisotopic (exact) mass is 934 g/mol. The molecule has 0 unspecified atom stereocenters. The molecule has 6 bridgehead atoms. The number of phenols is 1. The van der Waals surface area contributed by atoms with Crippen LogP contribution in [-0.4, -0.2) is 117 Å². The number of aryl methyl sites for hydroxylation is 1. The normalized spacial score (nSPS) is 19.6. The fraction of sp³-hybridized carbons (Fsp3) is 0.547. The minimum Gasteiger partial charge on any atom is -0.508 e. The molecule has 0 radical (unpaired) electrons. The van der Waals surface area contributed by atoms with Crippen LogP contribution in [-0.2, 0) is 48.0 Å². The second-order valence-corrected chi connectivity index (χ2v) is 21.1. The third kappa shape index (κ3) is 11.1. The molecule has 4 heterocycles. The first-order valence-electron chi connectivity index (χ1n) is 24.3. The molecule has 1 aliphatic carbocycles. The Bertz CT molecular complexity index is 2540. The molecule has 68 heavy (non-hydrogen) atoms. The Balaban J connectivity index is 1.30. The first-order valence-corrected chi connectivity index (χ1v) is 24.3. The van der Waals surface area contributed by atoms with Gasteiger partial charge in [0.1, 0.15) is 36.0 Å². The van der Waals surface area contributed by atoms with Crippen molar-refractivity contribution in [2.24, 2.45) is 11.3 Å². The number of hydrogen-bond donors (Lipinski definition) is 3. The Kier molecular flexibility index (Phi) is 14.9. The zero-order valence-electron chi connectivity index (χ0n) is 41.6. The third-order valence-corrected chi connectivity index (χ3v) is 13.5. The number of amides is 4. The maximum atomic E-state index is 14.8. The van der Waals surface area contributed by atoms with Gasteiger partial charge in [-0.15, -0.1) is 0 Å². The standard InChI is InChI=1S/C53H71N7O8/c1-11-59-43-21-20-35-28-39(43)40(47(59)38-18-14-22-54-45(38)32(2)3)29-53(7,8)31-67-50(65)41-19-15-23-60(56-41)49(64)42(26-33-24-36(35)27-37(61)25-33)55-48(63)46(34-16-12-13-17-34)58(10)44(62)30-57(9)51(66)68-52(4,5)6/h14,18,20-22,24-25,27-28,32,34,41-42,46,56,61H,11-13,15-17,19,23,26,29-31H2,1-10H3,(H,55,63)/t41-,42-,46-/m0/s1. The van der Waals surface area contributed by atoms with Gasteiger partial charge >= 0.3 is 12.1 Å². The molecule has 3 aliphatic rings. The third-order valence-electron chi connectivity index (χ3n) is 13.5. The number of fused-ring (bicyclic) bond motifs is 6. The SMILES string of the molecule is CCn1c(-c2cccnc2C(C)C)c2c3cc(ccc31)-c1cc(O)cc(c1)C[C@H](NC(=O)[C@H](C1CCCC1)N(C)C(=O)CN(C)C(=O)OC(C)(C)C)C(=O)N1CCC[C@H](N1)C(=O)OCC(C)(C)C2. The van der Waals surface area contributed by atoms with Crippen molar-refractivity contribution in [1.82, 2.24) is 35.1 Å². The molecular weight excluding hydrogens is 863 g/mol. The summed E-state index contributed by atoms with van der Waals surface area (Å²) in [4.78, 5) is 77.7. The highest BCUT2D eigenvalue weighted by atomic mass is 16.6. The van der Waals surface area contributed by atoms with Crippen molar-refractivity contribution in [3.05, 3.63) is 71.5 Å². The van der Waals surface area contributed by atoms with E-state index in [2.05, 4.69) is 68.1 Å². The molecule has 7 rings (SSSR count). The van der Waals surface area contributed by atoms with Crippen molar-refractivity contribution in [3.63, 3.8) is 0 Å². The molecule has 15 heteroatoms. The molecule has 0 spiro atoms. The fourth-order valence-corrected chi connectivity index (χ4v) is 10.2. The summed E-state index contributed by atoms with van der Waals surface area (Å²) in [6, 6.07) is 12.7. The lowest BCUT2D eigenvalue weighted by Gasteiger charge is -2.37. The van der Waals surface area contributed by atoms with Crippen molar-refractivity contribution in [2.45, 2.75) is 143 Å².